The smallest absolute Gasteiger partial charge is 0.166 e. The highest BCUT2D eigenvalue weighted by Gasteiger charge is 2.15. The Morgan fingerprint density at radius 3 is 2.47 bits per heavy atom. The number of benzene rings is 2. The number of halogens is 3. The fraction of sp³-hybridized carbons (Fsp3) is 0. The lowest BCUT2D eigenvalue weighted by molar-refractivity contribution is 0.497. The van der Waals surface area contributed by atoms with E-state index in [-0.39, 0.29) is 5.56 Å². The van der Waals surface area contributed by atoms with Gasteiger partial charge in [0, 0.05) is 28.8 Å². The molecule has 1 heterocycles. The summed E-state index contributed by atoms with van der Waals surface area (Å²) in [5.74, 6) is -3.09. The van der Waals surface area contributed by atoms with E-state index >= 15 is 0 Å². The van der Waals surface area contributed by atoms with Crippen LogP contribution in [0.1, 0.15) is 0 Å². The molecule has 1 nitrogen and oxygen atoms in total. The molecule has 0 aliphatic carbocycles. The van der Waals surface area contributed by atoms with Gasteiger partial charge in [0.15, 0.2) is 11.6 Å². The molecule has 3 aromatic rings. The molecule has 4 heteroatoms. The largest absolute Gasteiger partial charge is 0.256 e. The van der Waals surface area contributed by atoms with Gasteiger partial charge in [-0.25, -0.2) is 13.2 Å². The molecule has 0 spiro atoms. The number of para-hydroxylation sites is 1. The van der Waals surface area contributed by atoms with Crippen LogP contribution >= 0.6 is 0 Å². The molecule has 19 heavy (non-hydrogen) atoms. The number of hydrogen-bond acceptors (Lipinski definition) is 1. The van der Waals surface area contributed by atoms with E-state index in [9.17, 15) is 13.2 Å². The van der Waals surface area contributed by atoms with E-state index in [0.717, 1.165) is 11.5 Å². The quantitative estimate of drug-likeness (QED) is 0.593. The maximum Gasteiger partial charge on any atom is 0.166 e. The van der Waals surface area contributed by atoms with Crippen molar-refractivity contribution in [3.8, 4) is 11.1 Å². The lowest BCUT2D eigenvalue weighted by Crippen LogP contribution is -1.93. The van der Waals surface area contributed by atoms with Crippen LogP contribution in [0.5, 0.6) is 0 Å². The first kappa shape index (κ1) is 11.7. The summed E-state index contributed by atoms with van der Waals surface area (Å²) in [6, 6.07) is 10.1. The van der Waals surface area contributed by atoms with Gasteiger partial charge in [0.2, 0.25) is 0 Å². The third-order valence-corrected chi connectivity index (χ3v) is 2.92. The lowest BCUT2D eigenvalue weighted by Gasteiger charge is -2.07. The first-order valence-corrected chi connectivity index (χ1v) is 5.65. The summed E-state index contributed by atoms with van der Waals surface area (Å²) in [5, 5.41) is 0.782. The number of hydrogen-bond donors (Lipinski definition) is 0. The van der Waals surface area contributed by atoms with E-state index in [0.29, 0.717) is 17.1 Å². The van der Waals surface area contributed by atoms with Gasteiger partial charge in [0.05, 0.1) is 5.52 Å². The van der Waals surface area contributed by atoms with E-state index in [1.54, 1.807) is 36.5 Å². The number of fused-ring (bicyclic) bond motifs is 1. The Bertz CT molecular complexity index is 763. The number of rotatable bonds is 1. The van der Waals surface area contributed by atoms with E-state index in [2.05, 4.69) is 4.98 Å². The van der Waals surface area contributed by atoms with E-state index in [1.807, 2.05) is 0 Å². The second-order valence-corrected chi connectivity index (χ2v) is 4.13. The molecule has 0 saturated carbocycles. The Hall–Kier alpha value is -2.36. The Morgan fingerprint density at radius 2 is 1.63 bits per heavy atom. The molecule has 2 aromatic carbocycles. The Morgan fingerprint density at radius 1 is 0.842 bits per heavy atom. The van der Waals surface area contributed by atoms with Crippen LogP contribution in [0.3, 0.4) is 0 Å². The molecule has 0 fully saturated rings. The second-order valence-electron chi connectivity index (χ2n) is 4.13. The molecule has 0 N–H and O–H groups in total. The van der Waals surface area contributed by atoms with Crippen LogP contribution in [0.15, 0.2) is 48.7 Å². The van der Waals surface area contributed by atoms with Crippen LogP contribution in [-0.2, 0) is 0 Å². The van der Waals surface area contributed by atoms with Gasteiger partial charge < -0.3 is 0 Å². The summed E-state index contributed by atoms with van der Waals surface area (Å²) in [6.07, 6.45) is 1.55. The monoisotopic (exact) mass is 259 g/mol. The van der Waals surface area contributed by atoms with Crippen molar-refractivity contribution in [1.29, 1.82) is 0 Å². The summed E-state index contributed by atoms with van der Waals surface area (Å²) in [5.41, 5.74) is 0.754. The molecule has 0 atom stereocenters. The van der Waals surface area contributed by atoms with Gasteiger partial charge in [0.1, 0.15) is 5.82 Å². The summed E-state index contributed by atoms with van der Waals surface area (Å²) in [7, 11) is 0. The normalized spacial score (nSPS) is 10.9. The number of aromatic nitrogens is 1. The average molecular weight is 259 g/mol. The van der Waals surface area contributed by atoms with Gasteiger partial charge in [0.25, 0.3) is 0 Å². The molecule has 0 saturated heterocycles. The standard InChI is InChI=1S/C15H8F3N/c16-10-7-12(14(18)13(17)8-10)11-5-1-3-9-4-2-6-19-15(9)11/h1-8H. The minimum Gasteiger partial charge on any atom is -0.256 e. The predicted molar refractivity (Wildman–Crippen MR) is 67.1 cm³/mol. The molecular weight excluding hydrogens is 251 g/mol. The van der Waals surface area contributed by atoms with Gasteiger partial charge in [-0.05, 0) is 12.1 Å². The second kappa shape index (κ2) is 4.39. The lowest BCUT2D eigenvalue weighted by atomic mass is 10.0. The minimum atomic E-state index is -1.21. The molecule has 94 valence electrons. The first-order chi connectivity index (χ1) is 9.16. The SMILES string of the molecule is Fc1cc(F)c(F)c(-c2cccc3cccnc23)c1. The predicted octanol–water partition coefficient (Wildman–Crippen LogP) is 4.32. The zero-order valence-electron chi connectivity index (χ0n) is 9.70. The summed E-state index contributed by atoms with van der Waals surface area (Å²) >= 11 is 0. The number of pyridine rings is 1. The molecular formula is C15H8F3N. The van der Waals surface area contributed by atoms with Crippen molar-refractivity contribution < 1.29 is 13.2 Å². The third-order valence-electron chi connectivity index (χ3n) is 2.92. The van der Waals surface area contributed by atoms with Crippen molar-refractivity contribution in [1.82, 2.24) is 4.98 Å². The van der Waals surface area contributed by atoms with Crippen molar-refractivity contribution in [3.05, 3.63) is 66.1 Å². The summed E-state index contributed by atoms with van der Waals surface area (Å²) < 4.78 is 40.4. The van der Waals surface area contributed by atoms with Crippen LogP contribution in [0.4, 0.5) is 13.2 Å². The van der Waals surface area contributed by atoms with Gasteiger partial charge >= 0.3 is 0 Å². The van der Waals surface area contributed by atoms with E-state index in [4.69, 9.17) is 0 Å². The minimum absolute atomic E-state index is 0.123. The molecule has 0 unspecified atom stereocenters. The zero-order chi connectivity index (χ0) is 13.4. The maximum atomic E-state index is 13.8. The Labute approximate surface area is 107 Å². The highest BCUT2D eigenvalue weighted by molar-refractivity contribution is 5.93. The first-order valence-electron chi connectivity index (χ1n) is 5.65. The zero-order valence-corrected chi connectivity index (χ0v) is 9.70. The Kier molecular flexibility index (Phi) is 2.71. The van der Waals surface area contributed by atoms with Crippen LogP contribution in [0, 0.1) is 17.5 Å². The molecule has 0 bridgehead atoms. The van der Waals surface area contributed by atoms with Crippen LogP contribution in [0.2, 0.25) is 0 Å². The topological polar surface area (TPSA) is 12.9 Å². The highest BCUT2D eigenvalue weighted by Crippen LogP contribution is 2.30. The van der Waals surface area contributed by atoms with Crippen LogP contribution in [0.25, 0.3) is 22.0 Å². The number of nitrogens with zero attached hydrogens (tertiary/aromatic N) is 1. The average Bonchev–Trinajstić information content (AvgIpc) is 2.42. The summed E-state index contributed by atoms with van der Waals surface area (Å²) in [4.78, 5) is 4.15. The fourth-order valence-electron chi connectivity index (χ4n) is 2.07. The summed E-state index contributed by atoms with van der Waals surface area (Å²) in [6.45, 7) is 0. The van der Waals surface area contributed by atoms with Crippen molar-refractivity contribution in [2.24, 2.45) is 0 Å². The molecule has 0 aliphatic heterocycles. The van der Waals surface area contributed by atoms with Crippen molar-refractivity contribution in [3.63, 3.8) is 0 Å². The van der Waals surface area contributed by atoms with Gasteiger partial charge in [-0.2, -0.15) is 0 Å². The third kappa shape index (κ3) is 1.95. The molecule has 0 aliphatic rings. The van der Waals surface area contributed by atoms with Gasteiger partial charge in [-0.3, -0.25) is 4.98 Å². The molecule has 1 aromatic heterocycles. The maximum absolute atomic E-state index is 13.8. The Balaban J connectivity index is 2.37. The van der Waals surface area contributed by atoms with E-state index < -0.39 is 17.5 Å². The molecule has 3 rings (SSSR count). The van der Waals surface area contributed by atoms with E-state index in [1.165, 1.54) is 0 Å². The fourth-order valence-corrected chi connectivity index (χ4v) is 2.07. The van der Waals surface area contributed by atoms with Crippen LogP contribution < -0.4 is 0 Å². The van der Waals surface area contributed by atoms with Crippen molar-refractivity contribution in [2.75, 3.05) is 0 Å². The molecule has 0 radical (unpaired) electrons. The molecule has 0 amide bonds. The van der Waals surface area contributed by atoms with Crippen molar-refractivity contribution >= 4 is 10.9 Å². The van der Waals surface area contributed by atoms with Crippen molar-refractivity contribution in [2.45, 2.75) is 0 Å². The van der Waals surface area contributed by atoms with Gasteiger partial charge in [-0.15, -0.1) is 0 Å². The van der Waals surface area contributed by atoms with Crippen LogP contribution in [-0.4, -0.2) is 4.98 Å². The van der Waals surface area contributed by atoms with Gasteiger partial charge in [-0.1, -0.05) is 24.3 Å². The highest BCUT2D eigenvalue weighted by atomic mass is 19.2.